The van der Waals surface area contributed by atoms with Crippen molar-refractivity contribution >= 4 is 12.0 Å². The Morgan fingerprint density at radius 2 is 1.93 bits per heavy atom. The lowest BCUT2D eigenvalue weighted by Gasteiger charge is -2.37. The van der Waals surface area contributed by atoms with Gasteiger partial charge in [-0.1, -0.05) is 30.3 Å². The molecule has 4 rings (SSSR count). The van der Waals surface area contributed by atoms with Crippen LogP contribution in [0.4, 0.5) is 4.79 Å². The van der Waals surface area contributed by atoms with Crippen LogP contribution < -0.4 is 0 Å². The Morgan fingerprint density at radius 1 is 1.18 bits per heavy atom. The molecule has 6 heteroatoms. The summed E-state index contributed by atoms with van der Waals surface area (Å²) in [5.41, 5.74) is 2.33. The molecule has 0 saturated carbocycles. The van der Waals surface area contributed by atoms with Crippen molar-refractivity contribution in [3.8, 4) is 0 Å². The first kappa shape index (κ1) is 18.5. The molecule has 6 nitrogen and oxygen atoms in total. The normalized spacial score (nSPS) is 18.4. The molecule has 0 atom stereocenters. The zero-order valence-electron chi connectivity index (χ0n) is 16.1. The lowest BCUT2D eigenvalue weighted by molar-refractivity contribution is 0.00312. The maximum absolute atomic E-state index is 12.7. The van der Waals surface area contributed by atoms with E-state index in [-0.39, 0.29) is 12.0 Å². The van der Waals surface area contributed by atoms with Crippen LogP contribution in [0.1, 0.15) is 34.3 Å². The van der Waals surface area contributed by atoms with Crippen molar-refractivity contribution in [2.75, 3.05) is 26.2 Å². The summed E-state index contributed by atoms with van der Waals surface area (Å²) >= 11 is 0. The van der Waals surface area contributed by atoms with Gasteiger partial charge in [0.15, 0.2) is 0 Å². The summed E-state index contributed by atoms with van der Waals surface area (Å²) in [6.45, 7) is 4.37. The van der Waals surface area contributed by atoms with Crippen molar-refractivity contribution in [1.82, 2.24) is 14.8 Å². The van der Waals surface area contributed by atoms with Crippen molar-refractivity contribution in [1.29, 1.82) is 0 Å². The average Bonchev–Trinajstić information content (AvgIpc) is 3.02. The molecule has 2 aliphatic rings. The molecule has 2 fully saturated rings. The van der Waals surface area contributed by atoms with Gasteiger partial charge in [0.2, 0.25) is 0 Å². The molecule has 0 aliphatic carbocycles. The number of carbonyl (C=O) groups excluding carboxylic acids is 2. The molecule has 0 bridgehead atoms. The first-order chi connectivity index (χ1) is 13.5. The van der Waals surface area contributed by atoms with E-state index in [4.69, 9.17) is 4.74 Å². The van der Waals surface area contributed by atoms with Crippen LogP contribution in [0, 0.1) is 6.92 Å². The minimum atomic E-state index is -0.463. The molecule has 2 aliphatic heterocycles. The predicted molar refractivity (Wildman–Crippen MR) is 105 cm³/mol. The summed E-state index contributed by atoms with van der Waals surface area (Å²) in [5.74, 6) is -0.00342. The van der Waals surface area contributed by atoms with Gasteiger partial charge in [0.05, 0.1) is 12.1 Å². The summed E-state index contributed by atoms with van der Waals surface area (Å²) in [6, 6.07) is 12.0. The minimum Gasteiger partial charge on any atom is -0.441 e. The lowest BCUT2D eigenvalue weighted by Crippen LogP contribution is -2.48. The van der Waals surface area contributed by atoms with Crippen molar-refractivity contribution in [2.24, 2.45) is 0 Å². The molecule has 2 saturated heterocycles. The van der Waals surface area contributed by atoms with Crippen LogP contribution in [0.15, 0.2) is 48.8 Å². The summed E-state index contributed by atoms with van der Waals surface area (Å²) in [4.78, 5) is 32.8. The summed E-state index contributed by atoms with van der Waals surface area (Å²) < 4.78 is 5.78. The van der Waals surface area contributed by atoms with Gasteiger partial charge in [0.25, 0.3) is 5.91 Å². The third-order valence-corrected chi connectivity index (χ3v) is 5.64. The Morgan fingerprint density at radius 3 is 2.64 bits per heavy atom. The van der Waals surface area contributed by atoms with Gasteiger partial charge in [-0.15, -0.1) is 0 Å². The summed E-state index contributed by atoms with van der Waals surface area (Å²) in [7, 11) is 0. The molecule has 28 heavy (non-hydrogen) atoms. The van der Waals surface area contributed by atoms with Crippen molar-refractivity contribution in [3.05, 3.63) is 65.5 Å². The number of piperidine rings is 1. The van der Waals surface area contributed by atoms with Crippen LogP contribution in [0.25, 0.3) is 0 Å². The quantitative estimate of drug-likeness (QED) is 0.819. The first-order valence-electron chi connectivity index (χ1n) is 9.77. The fourth-order valence-electron chi connectivity index (χ4n) is 4.01. The first-order valence-corrected chi connectivity index (χ1v) is 9.77. The van der Waals surface area contributed by atoms with E-state index in [0.29, 0.717) is 44.6 Å². The number of amides is 2. The summed E-state index contributed by atoms with van der Waals surface area (Å²) in [6.07, 6.45) is 5.28. The van der Waals surface area contributed by atoms with Gasteiger partial charge in [-0.05, 0) is 30.5 Å². The second-order valence-corrected chi connectivity index (χ2v) is 7.75. The van der Waals surface area contributed by atoms with E-state index in [9.17, 15) is 9.59 Å². The van der Waals surface area contributed by atoms with Crippen LogP contribution in [-0.4, -0.2) is 58.6 Å². The van der Waals surface area contributed by atoms with Gasteiger partial charge in [0, 0.05) is 44.9 Å². The molecule has 3 heterocycles. The molecular formula is C22H25N3O3. The largest absolute Gasteiger partial charge is 0.441 e. The number of hydrogen-bond donors (Lipinski definition) is 0. The number of likely N-dealkylation sites (tertiary alicyclic amines) is 1. The van der Waals surface area contributed by atoms with E-state index in [1.807, 2.05) is 36.1 Å². The standard InChI is InChI=1S/C22H25N3O3/c1-17-13-19(15-23-14-17)20(26)24-11-8-22(9-12-24)16-25(21(27)28-22)10-7-18-5-3-2-4-6-18/h2-6,13-15H,7-12,16H2,1H3. The van der Waals surface area contributed by atoms with E-state index in [0.717, 1.165) is 12.0 Å². The molecule has 2 aromatic rings. The highest BCUT2D eigenvalue weighted by molar-refractivity contribution is 5.94. The van der Waals surface area contributed by atoms with Gasteiger partial charge in [-0.3, -0.25) is 9.78 Å². The molecule has 146 valence electrons. The second kappa shape index (κ2) is 7.62. The van der Waals surface area contributed by atoms with Crippen LogP contribution in [-0.2, 0) is 11.2 Å². The molecule has 1 aromatic carbocycles. The third-order valence-electron chi connectivity index (χ3n) is 5.64. The topological polar surface area (TPSA) is 62.7 Å². The maximum atomic E-state index is 12.7. The van der Waals surface area contributed by atoms with Gasteiger partial charge >= 0.3 is 6.09 Å². The van der Waals surface area contributed by atoms with Crippen LogP contribution in [0.2, 0.25) is 0 Å². The monoisotopic (exact) mass is 379 g/mol. The molecule has 1 spiro atoms. The third kappa shape index (κ3) is 3.86. The Labute approximate surface area is 165 Å². The molecule has 1 aromatic heterocycles. The lowest BCUT2D eigenvalue weighted by atomic mass is 9.91. The number of pyridine rings is 1. The summed E-state index contributed by atoms with van der Waals surface area (Å²) in [5, 5.41) is 0. The van der Waals surface area contributed by atoms with E-state index >= 15 is 0 Å². The minimum absolute atomic E-state index is 0.00342. The number of nitrogens with zero attached hydrogens (tertiary/aromatic N) is 3. The fourth-order valence-corrected chi connectivity index (χ4v) is 4.01. The highest BCUT2D eigenvalue weighted by Crippen LogP contribution is 2.33. The highest BCUT2D eigenvalue weighted by Gasteiger charge is 2.47. The van der Waals surface area contributed by atoms with Gasteiger partial charge < -0.3 is 14.5 Å². The zero-order chi connectivity index (χ0) is 19.6. The molecule has 2 amide bonds. The molecule has 0 N–H and O–H groups in total. The Bertz CT molecular complexity index is 860. The van der Waals surface area contributed by atoms with Gasteiger partial charge in [0.1, 0.15) is 5.60 Å². The number of aryl methyl sites for hydroxylation is 1. The molecular weight excluding hydrogens is 354 g/mol. The number of rotatable bonds is 4. The van der Waals surface area contributed by atoms with Crippen molar-refractivity contribution < 1.29 is 14.3 Å². The van der Waals surface area contributed by atoms with Gasteiger partial charge in [-0.25, -0.2) is 4.79 Å². The predicted octanol–water partition coefficient (Wildman–Crippen LogP) is 3.06. The van der Waals surface area contributed by atoms with Crippen LogP contribution in [0.5, 0.6) is 0 Å². The maximum Gasteiger partial charge on any atom is 0.410 e. The molecule has 0 radical (unpaired) electrons. The molecule has 0 unspecified atom stereocenters. The highest BCUT2D eigenvalue weighted by atomic mass is 16.6. The van der Waals surface area contributed by atoms with Crippen LogP contribution >= 0.6 is 0 Å². The number of carbonyl (C=O) groups is 2. The number of benzene rings is 1. The second-order valence-electron chi connectivity index (χ2n) is 7.75. The Balaban J connectivity index is 1.34. The van der Waals surface area contributed by atoms with E-state index in [2.05, 4.69) is 17.1 Å². The smallest absolute Gasteiger partial charge is 0.410 e. The number of ether oxygens (including phenoxy) is 1. The van der Waals surface area contributed by atoms with Crippen molar-refractivity contribution in [3.63, 3.8) is 0 Å². The average molecular weight is 379 g/mol. The SMILES string of the molecule is Cc1cncc(C(=O)N2CCC3(CC2)CN(CCc2ccccc2)C(=O)O3)c1. The number of hydrogen-bond acceptors (Lipinski definition) is 4. The fraction of sp³-hybridized carbons (Fsp3) is 0.409. The zero-order valence-corrected chi connectivity index (χ0v) is 16.1. The van der Waals surface area contributed by atoms with Crippen molar-refractivity contribution in [2.45, 2.75) is 31.8 Å². The number of aromatic nitrogens is 1. The van der Waals surface area contributed by atoms with E-state index < -0.39 is 5.60 Å². The van der Waals surface area contributed by atoms with Gasteiger partial charge in [-0.2, -0.15) is 0 Å². The van der Waals surface area contributed by atoms with E-state index in [1.54, 1.807) is 17.3 Å². The Kier molecular flexibility index (Phi) is 5.03. The van der Waals surface area contributed by atoms with E-state index in [1.165, 1.54) is 5.56 Å². The van der Waals surface area contributed by atoms with Crippen LogP contribution in [0.3, 0.4) is 0 Å². The Hall–Kier alpha value is -2.89.